The Hall–Kier alpha value is -2.06. The van der Waals surface area contributed by atoms with E-state index in [1.807, 2.05) is 20.8 Å². The van der Waals surface area contributed by atoms with Gasteiger partial charge < -0.3 is 14.8 Å². The summed E-state index contributed by atoms with van der Waals surface area (Å²) in [6, 6.07) is 7.22. The van der Waals surface area contributed by atoms with Gasteiger partial charge in [0.25, 0.3) is 5.91 Å². The van der Waals surface area contributed by atoms with Crippen LogP contribution in [0, 0.1) is 23.2 Å². The first kappa shape index (κ1) is 21.0. The summed E-state index contributed by atoms with van der Waals surface area (Å²) < 4.78 is 11.4. The SMILES string of the molecule is CCOC(C)(CC(C)C)C(=O)Nc1ccc(OCC(C)C)c(C#N)c1. The van der Waals surface area contributed by atoms with E-state index < -0.39 is 5.60 Å². The van der Waals surface area contributed by atoms with Crippen LogP contribution in [0.4, 0.5) is 5.69 Å². The Bertz CT molecular complexity index is 620. The fraction of sp³-hybridized carbons (Fsp3) is 0.600. The Labute approximate surface area is 151 Å². The quantitative estimate of drug-likeness (QED) is 0.720. The Morgan fingerprint density at radius 1 is 1.28 bits per heavy atom. The van der Waals surface area contributed by atoms with Crippen LogP contribution in [0.25, 0.3) is 0 Å². The minimum atomic E-state index is -0.900. The maximum absolute atomic E-state index is 12.7. The Morgan fingerprint density at radius 3 is 2.48 bits per heavy atom. The largest absolute Gasteiger partial charge is 0.492 e. The molecule has 1 unspecified atom stereocenters. The van der Waals surface area contributed by atoms with Crippen molar-refractivity contribution < 1.29 is 14.3 Å². The van der Waals surface area contributed by atoms with E-state index in [4.69, 9.17) is 9.47 Å². The molecule has 0 bridgehead atoms. The predicted octanol–water partition coefficient (Wildman–Crippen LogP) is 4.37. The number of ether oxygens (including phenoxy) is 2. The van der Waals surface area contributed by atoms with Crippen molar-refractivity contribution in [1.82, 2.24) is 0 Å². The average Bonchev–Trinajstić information content (AvgIpc) is 2.52. The molecule has 1 atom stereocenters. The van der Waals surface area contributed by atoms with Crippen LogP contribution >= 0.6 is 0 Å². The highest BCUT2D eigenvalue weighted by atomic mass is 16.5. The van der Waals surface area contributed by atoms with Crippen LogP contribution in [0.3, 0.4) is 0 Å². The second kappa shape index (κ2) is 9.43. The van der Waals surface area contributed by atoms with E-state index in [0.717, 1.165) is 0 Å². The number of amides is 1. The molecule has 0 spiro atoms. The number of hydrogen-bond donors (Lipinski definition) is 1. The van der Waals surface area contributed by atoms with Crippen molar-refractivity contribution >= 4 is 11.6 Å². The smallest absolute Gasteiger partial charge is 0.256 e. The highest BCUT2D eigenvalue weighted by Crippen LogP contribution is 2.26. The van der Waals surface area contributed by atoms with Crippen molar-refractivity contribution in [3.63, 3.8) is 0 Å². The summed E-state index contributed by atoms with van der Waals surface area (Å²) in [6.07, 6.45) is 0.618. The highest BCUT2D eigenvalue weighted by Gasteiger charge is 2.34. The number of rotatable bonds is 9. The summed E-state index contributed by atoms with van der Waals surface area (Å²) in [6.45, 7) is 12.9. The third-order valence-corrected chi connectivity index (χ3v) is 3.67. The number of benzene rings is 1. The molecule has 5 nitrogen and oxygen atoms in total. The zero-order valence-corrected chi connectivity index (χ0v) is 16.2. The molecule has 0 heterocycles. The zero-order valence-electron chi connectivity index (χ0n) is 16.2. The molecule has 1 N–H and O–H groups in total. The normalized spacial score (nSPS) is 13.4. The lowest BCUT2D eigenvalue weighted by Crippen LogP contribution is -2.44. The third kappa shape index (κ3) is 6.39. The van der Waals surface area contributed by atoms with Crippen molar-refractivity contribution in [2.45, 2.75) is 53.6 Å². The predicted molar refractivity (Wildman–Crippen MR) is 99.6 cm³/mol. The number of carbonyl (C=O) groups excluding carboxylic acids is 1. The van der Waals surface area contributed by atoms with Gasteiger partial charge in [-0.25, -0.2) is 0 Å². The summed E-state index contributed by atoms with van der Waals surface area (Å²) in [5.74, 6) is 1.02. The molecule has 25 heavy (non-hydrogen) atoms. The highest BCUT2D eigenvalue weighted by molar-refractivity contribution is 5.97. The van der Waals surface area contributed by atoms with Gasteiger partial charge in [0.05, 0.1) is 12.2 Å². The van der Waals surface area contributed by atoms with E-state index in [1.165, 1.54) is 0 Å². The fourth-order valence-corrected chi connectivity index (χ4v) is 2.66. The van der Waals surface area contributed by atoms with Gasteiger partial charge in [-0.05, 0) is 50.3 Å². The minimum absolute atomic E-state index is 0.206. The molecule has 5 heteroatoms. The first-order valence-electron chi connectivity index (χ1n) is 8.84. The molecule has 1 rings (SSSR count). The molecule has 1 aromatic carbocycles. The maximum Gasteiger partial charge on any atom is 0.256 e. The minimum Gasteiger partial charge on any atom is -0.492 e. The topological polar surface area (TPSA) is 71.3 Å². The molecule has 1 aromatic rings. The van der Waals surface area contributed by atoms with Crippen LogP contribution in [-0.2, 0) is 9.53 Å². The van der Waals surface area contributed by atoms with Gasteiger partial charge in [-0.1, -0.05) is 27.7 Å². The molecule has 0 aliphatic rings. The summed E-state index contributed by atoms with van der Waals surface area (Å²) in [5, 5.41) is 12.2. The summed E-state index contributed by atoms with van der Waals surface area (Å²) in [7, 11) is 0. The number of anilines is 1. The number of hydrogen-bond acceptors (Lipinski definition) is 4. The number of nitrogens with one attached hydrogen (secondary N) is 1. The van der Waals surface area contributed by atoms with E-state index in [0.29, 0.717) is 48.5 Å². The van der Waals surface area contributed by atoms with Crippen LogP contribution in [0.1, 0.15) is 53.5 Å². The van der Waals surface area contributed by atoms with Crippen LogP contribution in [0.2, 0.25) is 0 Å². The first-order chi connectivity index (χ1) is 11.7. The van der Waals surface area contributed by atoms with E-state index in [-0.39, 0.29) is 5.91 Å². The lowest BCUT2D eigenvalue weighted by molar-refractivity contribution is -0.140. The standard InChI is InChI=1S/C20H30N2O3/c1-7-25-20(6,11-14(2)3)19(23)22-17-8-9-18(16(10-17)12-21)24-13-15(4)5/h8-10,14-15H,7,11,13H2,1-6H3,(H,22,23). The van der Waals surface area contributed by atoms with Crippen molar-refractivity contribution in [2.24, 2.45) is 11.8 Å². The van der Waals surface area contributed by atoms with Gasteiger partial charge in [0.15, 0.2) is 0 Å². The molecule has 0 saturated heterocycles. The Morgan fingerprint density at radius 2 is 1.96 bits per heavy atom. The second-order valence-corrected chi connectivity index (χ2v) is 7.24. The summed E-state index contributed by atoms with van der Waals surface area (Å²) >= 11 is 0. The second-order valence-electron chi connectivity index (χ2n) is 7.24. The number of carbonyl (C=O) groups is 1. The lowest BCUT2D eigenvalue weighted by atomic mass is 9.93. The molecule has 138 valence electrons. The van der Waals surface area contributed by atoms with Gasteiger partial charge in [0.1, 0.15) is 17.4 Å². The van der Waals surface area contributed by atoms with Crippen molar-refractivity contribution in [2.75, 3.05) is 18.5 Å². The molecule has 0 aliphatic heterocycles. The maximum atomic E-state index is 12.7. The van der Waals surface area contributed by atoms with E-state index in [2.05, 4.69) is 25.2 Å². The molecule has 0 radical (unpaired) electrons. The van der Waals surface area contributed by atoms with E-state index in [1.54, 1.807) is 25.1 Å². The van der Waals surface area contributed by atoms with Gasteiger partial charge >= 0.3 is 0 Å². The molecule has 0 aliphatic carbocycles. The van der Waals surface area contributed by atoms with E-state index >= 15 is 0 Å². The van der Waals surface area contributed by atoms with Crippen molar-refractivity contribution in [3.8, 4) is 11.8 Å². The van der Waals surface area contributed by atoms with Gasteiger partial charge in [-0.3, -0.25) is 4.79 Å². The molecule has 1 amide bonds. The van der Waals surface area contributed by atoms with Gasteiger partial charge in [-0.2, -0.15) is 5.26 Å². The molecule has 0 aromatic heterocycles. The van der Waals surface area contributed by atoms with Crippen LogP contribution in [0.15, 0.2) is 18.2 Å². The van der Waals surface area contributed by atoms with E-state index in [9.17, 15) is 10.1 Å². The zero-order chi connectivity index (χ0) is 19.0. The van der Waals surface area contributed by atoms with Crippen LogP contribution < -0.4 is 10.1 Å². The molecule has 0 saturated carbocycles. The van der Waals surface area contributed by atoms with Crippen molar-refractivity contribution in [3.05, 3.63) is 23.8 Å². The van der Waals surface area contributed by atoms with Crippen LogP contribution in [0.5, 0.6) is 5.75 Å². The third-order valence-electron chi connectivity index (χ3n) is 3.67. The fourth-order valence-electron chi connectivity index (χ4n) is 2.66. The first-order valence-corrected chi connectivity index (χ1v) is 8.84. The summed E-state index contributed by atoms with van der Waals surface area (Å²) in [4.78, 5) is 12.7. The average molecular weight is 346 g/mol. The van der Waals surface area contributed by atoms with Gasteiger partial charge in [0, 0.05) is 12.3 Å². The van der Waals surface area contributed by atoms with Gasteiger partial charge in [0.2, 0.25) is 0 Å². The lowest BCUT2D eigenvalue weighted by Gasteiger charge is -2.30. The Kier molecular flexibility index (Phi) is 7.92. The molecular formula is C20H30N2O3. The monoisotopic (exact) mass is 346 g/mol. The van der Waals surface area contributed by atoms with Crippen LogP contribution in [-0.4, -0.2) is 24.7 Å². The molecule has 0 fully saturated rings. The number of nitriles is 1. The van der Waals surface area contributed by atoms with Gasteiger partial charge in [-0.15, -0.1) is 0 Å². The van der Waals surface area contributed by atoms with Crippen molar-refractivity contribution in [1.29, 1.82) is 5.26 Å². The summed E-state index contributed by atoms with van der Waals surface area (Å²) in [5.41, 5.74) is 0.0660. The number of nitrogens with zero attached hydrogens (tertiary/aromatic N) is 1. The Balaban J connectivity index is 2.94. The molecular weight excluding hydrogens is 316 g/mol.